The van der Waals surface area contributed by atoms with E-state index in [1.54, 1.807) is 6.07 Å². The lowest BCUT2D eigenvalue weighted by atomic mass is 10.1. The van der Waals surface area contributed by atoms with Crippen LogP contribution in [0.1, 0.15) is 28.9 Å². The minimum atomic E-state index is -0.248. The molecular formula is C22H21N3O2. The van der Waals surface area contributed by atoms with Gasteiger partial charge in [0.25, 0.3) is 5.91 Å². The van der Waals surface area contributed by atoms with Gasteiger partial charge >= 0.3 is 0 Å². The van der Waals surface area contributed by atoms with E-state index >= 15 is 0 Å². The number of para-hydroxylation sites is 1. The van der Waals surface area contributed by atoms with Crippen molar-refractivity contribution in [2.45, 2.75) is 19.3 Å². The van der Waals surface area contributed by atoms with E-state index in [-0.39, 0.29) is 11.8 Å². The zero-order valence-corrected chi connectivity index (χ0v) is 15.0. The maximum atomic E-state index is 12.5. The van der Waals surface area contributed by atoms with Crippen molar-refractivity contribution in [1.82, 2.24) is 9.88 Å². The van der Waals surface area contributed by atoms with E-state index in [1.165, 1.54) is 0 Å². The summed E-state index contributed by atoms with van der Waals surface area (Å²) in [5, 5.41) is 3.86. The van der Waals surface area contributed by atoms with Gasteiger partial charge in [-0.25, -0.2) is 4.98 Å². The molecule has 2 heterocycles. The number of fused-ring (bicyclic) bond motifs is 1. The number of carbonyl (C=O) groups excluding carboxylic acids is 2. The van der Waals surface area contributed by atoms with Crippen LogP contribution in [-0.2, 0) is 11.2 Å². The fraction of sp³-hybridized carbons (Fsp3) is 0.227. The van der Waals surface area contributed by atoms with Crippen LogP contribution in [0.3, 0.4) is 0 Å². The molecule has 5 nitrogen and oxygen atoms in total. The molecule has 0 radical (unpaired) electrons. The third-order valence-electron chi connectivity index (χ3n) is 4.86. The fourth-order valence-electron chi connectivity index (χ4n) is 3.35. The van der Waals surface area contributed by atoms with Crippen molar-refractivity contribution < 1.29 is 9.59 Å². The predicted octanol–water partition coefficient (Wildman–Crippen LogP) is 3.65. The molecule has 4 rings (SSSR count). The minimum absolute atomic E-state index is 0.171. The van der Waals surface area contributed by atoms with Crippen molar-refractivity contribution in [2.24, 2.45) is 0 Å². The molecule has 0 bridgehead atoms. The highest BCUT2D eigenvalue weighted by Gasteiger charge is 2.18. The van der Waals surface area contributed by atoms with E-state index in [4.69, 9.17) is 0 Å². The van der Waals surface area contributed by atoms with Gasteiger partial charge in [-0.3, -0.25) is 9.59 Å². The summed E-state index contributed by atoms with van der Waals surface area (Å²) in [6.07, 6.45) is 2.60. The van der Waals surface area contributed by atoms with Gasteiger partial charge in [0, 0.05) is 24.2 Å². The van der Waals surface area contributed by atoms with E-state index in [0.29, 0.717) is 17.8 Å². The van der Waals surface area contributed by atoms with Crippen LogP contribution in [0.5, 0.6) is 0 Å². The van der Waals surface area contributed by atoms with E-state index in [1.807, 2.05) is 59.5 Å². The van der Waals surface area contributed by atoms with E-state index in [2.05, 4.69) is 10.3 Å². The van der Waals surface area contributed by atoms with Crippen LogP contribution >= 0.6 is 0 Å². The Morgan fingerprint density at radius 1 is 0.926 bits per heavy atom. The zero-order valence-electron chi connectivity index (χ0n) is 15.0. The van der Waals surface area contributed by atoms with Gasteiger partial charge in [0.15, 0.2) is 0 Å². The van der Waals surface area contributed by atoms with Crippen molar-refractivity contribution in [3.8, 4) is 0 Å². The largest absolute Gasteiger partial charge is 0.342 e. The van der Waals surface area contributed by atoms with Gasteiger partial charge in [0.1, 0.15) is 5.69 Å². The Balaban J connectivity index is 1.41. The zero-order chi connectivity index (χ0) is 18.6. The topological polar surface area (TPSA) is 62.3 Å². The molecule has 0 spiro atoms. The van der Waals surface area contributed by atoms with Gasteiger partial charge in [0.2, 0.25) is 5.91 Å². The number of aromatic nitrogens is 1. The van der Waals surface area contributed by atoms with Crippen molar-refractivity contribution in [2.75, 3.05) is 18.4 Å². The van der Waals surface area contributed by atoms with E-state index < -0.39 is 0 Å². The minimum Gasteiger partial charge on any atom is -0.342 e. The number of amides is 2. The Kier molecular flexibility index (Phi) is 4.83. The van der Waals surface area contributed by atoms with E-state index in [9.17, 15) is 9.59 Å². The molecular weight excluding hydrogens is 338 g/mol. The molecule has 1 N–H and O–H groups in total. The summed E-state index contributed by atoms with van der Waals surface area (Å²) in [5.41, 5.74) is 2.81. The van der Waals surface area contributed by atoms with Crippen LogP contribution in [0.15, 0.2) is 60.7 Å². The lowest BCUT2D eigenvalue weighted by molar-refractivity contribution is -0.129. The molecule has 1 aromatic heterocycles. The monoisotopic (exact) mass is 359 g/mol. The third-order valence-corrected chi connectivity index (χ3v) is 4.86. The number of carbonyl (C=O) groups is 2. The maximum Gasteiger partial charge on any atom is 0.274 e. The highest BCUT2D eigenvalue weighted by Crippen LogP contribution is 2.16. The Hall–Kier alpha value is -3.21. The lowest BCUT2D eigenvalue weighted by Gasteiger charge is -2.15. The van der Waals surface area contributed by atoms with E-state index in [0.717, 1.165) is 42.4 Å². The first-order valence-electron chi connectivity index (χ1n) is 9.23. The number of nitrogens with one attached hydrogen (secondary N) is 1. The number of hydrogen-bond acceptors (Lipinski definition) is 3. The molecule has 1 aliphatic rings. The number of pyridine rings is 1. The molecule has 0 atom stereocenters. The fourth-order valence-corrected chi connectivity index (χ4v) is 3.35. The second-order valence-electron chi connectivity index (χ2n) is 6.80. The molecule has 5 heteroatoms. The maximum absolute atomic E-state index is 12.5. The number of hydrogen-bond donors (Lipinski definition) is 1. The number of benzene rings is 2. The molecule has 1 fully saturated rings. The number of nitrogens with zero attached hydrogens (tertiary/aromatic N) is 2. The Labute approximate surface area is 158 Å². The van der Waals surface area contributed by atoms with Gasteiger partial charge in [-0.05, 0) is 42.7 Å². The first-order valence-corrected chi connectivity index (χ1v) is 9.23. The second-order valence-corrected chi connectivity index (χ2v) is 6.80. The van der Waals surface area contributed by atoms with Crippen molar-refractivity contribution >= 4 is 28.4 Å². The van der Waals surface area contributed by atoms with Crippen LogP contribution in [0.2, 0.25) is 0 Å². The van der Waals surface area contributed by atoms with Gasteiger partial charge in [-0.2, -0.15) is 0 Å². The molecule has 0 aliphatic carbocycles. The average Bonchev–Trinajstić information content (AvgIpc) is 3.24. The highest BCUT2D eigenvalue weighted by molar-refractivity contribution is 6.04. The summed E-state index contributed by atoms with van der Waals surface area (Å²) >= 11 is 0. The van der Waals surface area contributed by atoms with Crippen LogP contribution in [0.4, 0.5) is 5.69 Å². The summed E-state index contributed by atoms with van der Waals surface area (Å²) in [6, 6.07) is 18.7. The van der Waals surface area contributed by atoms with Crippen LogP contribution in [0.25, 0.3) is 10.9 Å². The second kappa shape index (κ2) is 7.58. The molecule has 0 unspecified atom stereocenters. The van der Waals surface area contributed by atoms with Gasteiger partial charge in [0.05, 0.1) is 11.9 Å². The van der Waals surface area contributed by atoms with Gasteiger partial charge < -0.3 is 10.2 Å². The number of likely N-dealkylation sites (tertiary alicyclic amines) is 1. The first-order chi connectivity index (χ1) is 13.2. The summed E-state index contributed by atoms with van der Waals surface area (Å²) in [6.45, 7) is 1.73. The van der Waals surface area contributed by atoms with Crippen molar-refractivity contribution in [1.29, 1.82) is 0 Å². The lowest BCUT2D eigenvalue weighted by Crippen LogP contribution is -2.29. The molecule has 3 aromatic rings. The van der Waals surface area contributed by atoms with Crippen molar-refractivity contribution in [3.63, 3.8) is 0 Å². The quantitative estimate of drug-likeness (QED) is 0.773. The predicted molar refractivity (Wildman–Crippen MR) is 106 cm³/mol. The smallest absolute Gasteiger partial charge is 0.274 e. The number of rotatable bonds is 4. The van der Waals surface area contributed by atoms with Crippen LogP contribution in [-0.4, -0.2) is 34.8 Å². The Morgan fingerprint density at radius 3 is 2.44 bits per heavy atom. The highest BCUT2D eigenvalue weighted by atomic mass is 16.2. The summed E-state index contributed by atoms with van der Waals surface area (Å²) in [5.74, 6) is -0.0775. The summed E-state index contributed by atoms with van der Waals surface area (Å²) in [7, 11) is 0. The van der Waals surface area contributed by atoms with Gasteiger partial charge in [-0.15, -0.1) is 0 Å². The van der Waals surface area contributed by atoms with Crippen LogP contribution in [0, 0.1) is 0 Å². The van der Waals surface area contributed by atoms with Crippen LogP contribution < -0.4 is 5.32 Å². The molecule has 0 saturated carbocycles. The summed E-state index contributed by atoms with van der Waals surface area (Å²) in [4.78, 5) is 31.0. The van der Waals surface area contributed by atoms with Crippen molar-refractivity contribution in [3.05, 3.63) is 71.9 Å². The molecule has 1 aliphatic heterocycles. The summed E-state index contributed by atoms with van der Waals surface area (Å²) < 4.78 is 0. The molecule has 1 saturated heterocycles. The third kappa shape index (κ3) is 3.97. The standard InChI is InChI=1S/C22H21N3O2/c26-21(25-13-3-4-14-25)15-16-7-10-18(11-8-16)23-22(27)20-12-9-17-5-1-2-6-19(17)24-20/h1-2,5-12H,3-4,13-15H2,(H,23,27). The molecule has 27 heavy (non-hydrogen) atoms. The molecule has 136 valence electrons. The SMILES string of the molecule is O=C(Nc1ccc(CC(=O)N2CCCC2)cc1)c1ccc2ccccc2n1. The average molecular weight is 359 g/mol. The normalized spacial score (nSPS) is 13.7. The first kappa shape index (κ1) is 17.2. The molecule has 2 amide bonds. The Bertz CT molecular complexity index is 976. The Morgan fingerprint density at radius 2 is 1.67 bits per heavy atom. The number of anilines is 1. The molecule has 2 aromatic carbocycles. The van der Waals surface area contributed by atoms with Gasteiger partial charge in [-0.1, -0.05) is 36.4 Å².